The van der Waals surface area contributed by atoms with Crippen LogP contribution in [0.25, 0.3) is 0 Å². The predicted octanol–water partition coefficient (Wildman–Crippen LogP) is 3.03. The van der Waals surface area contributed by atoms with E-state index >= 15 is 0 Å². The number of carbonyl (C=O) groups is 1. The van der Waals surface area contributed by atoms with E-state index in [0.29, 0.717) is 23.0 Å². The maximum absolute atomic E-state index is 11.5. The molecule has 0 aliphatic heterocycles. The molecule has 0 saturated carbocycles. The van der Waals surface area contributed by atoms with E-state index in [1.807, 2.05) is 12.1 Å². The Labute approximate surface area is 96.4 Å². The lowest BCUT2D eigenvalue weighted by Crippen LogP contribution is -2.02. The molecule has 3 heteroatoms. The van der Waals surface area contributed by atoms with Crippen molar-refractivity contribution < 1.29 is 14.3 Å². The number of rotatable bonds is 4. The number of ketones is 1. The molecule has 16 heavy (non-hydrogen) atoms. The van der Waals surface area contributed by atoms with Gasteiger partial charge in [0.1, 0.15) is 0 Å². The Bertz CT molecular complexity index is 394. The molecule has 0 amide bonds. The molecule has 0 aliphatic rings. The van der Waals surface area contributed by atoms with Crippen LogP contribution < -0.4 is 9.47 Å². The summed E-state index contributed by atoms with van der Waals surface area (Å²) in [6.07, 6.45) is 0. The third-order valence-electron chi connectivity index (χ3n) is 2.55. The van der Waals surface area contributed by atoms with Gasteiger partial charge in [0.25, 0.3) is 0 Å². The lowest BCUT2D eigenvalue weighted by Gasteiger charge is -2.15. The molecule has 0 heterocycles. The quantitative estimate of drug-likeness (QED) is 0.734. The fourth-order valence-electron chi connectivity index (χ4n) is 1.58. The van der Waals surface area contributed by atoms with Crippen molar-refractivity contribution in [1.82, 2.24) is 0 Å². The summed E-state index contributed by atoms with van der Waals surface area (Å²) < 4.78 is 10.5. The van der Waals surface area contributed by atoms with Crippen LogP contribution in [0.15, 0.2) is 12.1 Å². The summed E-state index contributed by atoms with van der Waals surface area (Å²) in [5, 5.41) is 0. The summed E-state index contributed by atoms with van der Waals surface area (Å²) >= 11 is 0. The summed E-state index contributed by atoms with van der Waals surface area (Å²) in [5.74, 6) is 1.45. The standard InChI is InChI=1S/C13H18O3/c1-8(2)10-6-11(9(3)14)13(16-5)12(7-10)15-4/h6-8H,1-5H3. The van der Waals surface area contributed by atoms with Crippen LogP contribution in [0, 0.1) is 0 Å². The van der Waals surface area contributed by atoms with E-state index in [1.54, 1.807) is 14.2 Å². The van der Waals surface area contributed by atoms with Crippen LogP contribution in [0.1, 0.15) is 42.6 Å². The highest BCUT2D eigenvalue weighted by Gasteiger charge is 2.16. The van der Waals surface area contributed by atoms with Gasteiger partial charge in [-0.1, -0.05) is 13.8 Å². The minimum absolute atomic E-state index is 0.0161. The average molecular weight is 222 g/mol. The van der Waals surface area contributed by atoms with Crippen LogP contribution in [0.3, 0.4) is 0 Å². The fraction of sp³-hybridized carbons (Fsp3) is 0.462. The zero-order valence-corrected chi connectivity index (χ0v) is 10.5. The number of Topliss-reactive ketones (excluding diaryl/α,β-unsaturated/α-hetero) is 1. The highest BCUT2D eigenvalue weighted by Crippen LogP contribution is 2.35. The molecule has 0 spiro atoms. The molecule has 0 saturated heterocycles. The predicted molar refractivity (Wildman–Crippen MR) is 63.6 cm³/mol. The topological polar surface area (TPSA) is 35.5 Å². The molecule has 1 aromatic carbocycles. The van der Waals surface area contributed by atoms with Crippen molar-refractivity contribution in [3.63, 3.8) is 0 Å². The molecule has 3 nitrogen and oxygen atoms in total. The first-order chi connectivity index (χ1) is 7.51. The largest absolute Gasteiger partial charge is 0.493 e. The Kier molecular flexibility index (Phi) is 3.93. The Hall–Kier alpha value is -1.51. The van der Waals surface area contributed by atoms with Crippen molar-refractivity contribution in [2.24, 2.45) is 0 Å². The Morgan fingerprint density at radius 3 is 2.19 bits per heavy atom. The molecule has 0 N–H and O–H groups in total. The molecule has 0 atom stereocenters. The van der Waals surface area contributed by atoms with Gasteiger partial charge in [-0.2, -0.15) is 0 Å². The van der Waals surface area contributed by atoms with Crippen molar-refractivity contribution >= 4 is 5.78 Å². The van der Waals surface area contributed by atoms with Crippen molar-refractivity contribution in [3.05, 3.63) is 23.3 Å². The smallest absolute Gasteiger partial charge is 0.171 e. The van der Waals surface area contributed by atoms with Crippen molar-refractivity contribution in [2.45, 2.75) is 26.7 Å². The Morgan fingerprint density at radius 1 is 1.19 bits per heavy atom. The average Bonchev–Trinajstić information content (AvgIpc) is 2.26. The lowest BCUT2D eigenvalue weighted by atomic mass is 9.98. The molecule has 0 radical (unpaired) electrons. The number of ether oxygens (including phenoxy) is 2. The van der Waals surface area contributed by atoms with E-state index in [0.717, 1.165) is 5.56 Å². The lowest BCUT2D eigenvalue weighted by molar-refractivity contribution is 0.101. The summed E-state index contributed by atoms with van der Waals surface area (Å²) in [4.78, 5) is 11.5. The third kappa shape index (κ3) is 2.35. The van der Waals surface area contributed by atoms with Gasteiger partial charge in [-0.05, 0) is 30.5 Å². The van der Waals surface area contributed by atoms with Crippen LogP contribution in [0.4, 0.5) is 0 Å². The molecular weight excluding hydrogens is 204 g/mol. The summed E-state index contributed by atoms with van der Waals surface area (Å²) in [5.41, 5.74) is 1.65. The molecule has 88 valence electrons. The fourth-order valence-corrected chi connectivity index (χ4v) is 1.58. The minimum Gasteiger partial charge on any atom is -0.493 e. The normalized spacial score (nSPS) is 10.4. The second-order valence-corrected chi connectivity index (χ2v) is 4.01. The van der Waals surface area contributed by atoms with Crippen LogP contribution in [0.5, 0.6) is 11.5 Å². The number of methoxy groups -OCH3 is 2. The van der Waals surface area contributed by atoms with Crippen LogP contribution in [-0.4, -0.2) is 20.0 Å². The second-order valence-electron chi connectivity index (χ2n) is 4.01. The van der Waals surface area contributed by atoms with Gasteiger partial charge in [0.15, 0.2) is 17.3 Å². The third-order valence-corrected chi connectivity index (χ3v) is 2.55. The van der Waals surface area contributed by atoms with Crippen molar-refractivity contribution in [3.8, 4) is 11.5 Å². The van der Waals surface area contributed by atoms with E-state index in [2.05, 4.69) is 13.8 Å². The summed E-state index contributed by atoms with van der Waals surface area (Å²) in [6, 6.07) is 3.78. The molecule has 1 aromatic rings. The second kappa shape index (κ2) is 5.01. The molecule has 0 bridgehead atoms. The van der Waals surface area contributed by atoms with Crippen LogP contribution >= 0.6 is 0 Å². The Balaban J connectivity index is 3.43. The van der Waals surface area contributed by atoms with E-state index < -0.39 is 0 Å². The first-order valence-corrected chi connectivity index (χ1v) is 5.28. The molecule has 0 aliphatic carbocycles. The van der Waals surface area contributed by atoms with Crippen LogP contribution in [0.2, 0.25) is 0 Å². The van der Waals surface area contributed by atoms with Crippen molar-refractivity contribution in [1.29, 1.82) is 0 Å². The van der Waals surface area contributed by atoms with Crippen molar-refractivity contribution in [2.75, 3.05) is 14.2 Å². The van der Waals surface area contributed by atoms with E-state index in [-0.39, 0.29) is 5.78 Å². The van der Waals surface area contributed by atoms with Gasteiger partial charge in [-0.3, -0.25) is 4.79 Å². The number of hydrogen-bond acceptors (Lipinski definition) is 3. The number of hydrogen-bond donors (Lipinski definition) is 0. The summed E-state index contributed by atoms with van der Waals surface area (Å²) in [7, 11) is 3.12. The zero-order valence-electron chi connectivity index (χ0n) is 10.5. The monoisotopic (exact) mass is 222 g/mol. The van der Waals surface area contributed by atoms with Gasteiger partial charge in [0, 0.05) is 0 Å². The van der Waals surface area contributed by atoms with Gasteiger partial charge in [0.2, 0.25) is 0 Å². The highest BCUT2D eigenvalue weighted by molar-refractivity contribution is 5.98. The molecular formula is C13H18O3. The first-order valence-electron chi connectivity index (χ1n) is 5.28. The zero-order chi connectivity index (χ0) is 12.3. The molecule has 0 aromatic heterocycles. The molecule has 0 fully saturated rings. The van der Waals surface area contributed by atoms with Gasteiger partial charge >= 0.3 is 0 Å². The van der Waals surface area contributed by atoms with E-state index in [4.69, 9.17) is 9.47 Å². The number of carbonyl (C=O) groups excluding carboxylic acids is 1. The van der Waals surface area contributed by atoms with E-state index in [1.165, 1.54) is 6.92 Å². The van der Waals surface area contributed by atoms with E-state index in [9.17, 15) is 4.79 Å². The van der Waals surface area contributed by atoms with Gasteiger partial charge in [-0.15, -0.1) is 0 Å². The minimum atomic E-state index is -0.0161. The molecule has 0 unspecified atom stereocenters. The highest BCUT2D eigenvalue weighted by atomic mass is 16.5. The SMILES string of the molecule is COc1cc(C(C)C)cc(C(C)=O)c1OC. The van der Waals surface area contributed by atoms with Crippen LogP contribution in [-0.2, 0) is 0 Å². The maximum Gasteiger partial charge on any atom is 0.171 e. The molecule has 1 rings (SSSR count). The first kappa shape index (κ1) is 12.6. The van der Waals surface area contributed by atoms with Gasteiger partial charge in [0.05, 0.1) is 19.8 Å². The van der Waals surface area contributed by atoms with Gasteiger partial charge in [-0.25, -0.2) is 0 Å². The Morgan fingerprint density at radius 2 is 1.81 bits per heavy atom. The summed E-state index contributed by atoms with van der Waals surface area (Å²) in [6.45, 7) is 5.68. The number of benzene rings is 1. The van der Waals surface area contributed by atoms with Gasteiger partial charge < -0.3 is 9.47 Å². The maximum atomic E-state index is 11.5.